The first-order valence-corrected chi connectivity index (χ1v) is 15.0. The van der Waals surface area contributed by atoms with Gasteiger partial charge >= 0.3 is 0 Å². The molecule has 0 aliphatic carbocycles. The van der Waals surface area contributed by atoms with Crippen LogP contribution in [0.1, 0.15) is 45.6 Å². The van der Waals surface area contributed by atoms with Crippen LogP contribution >= 0.6 is 0 Å². The van der Waals surface area contributed by atoms with Gasteiger partial charge in [0.1, 0.15) is 5.82 Å². The SMILES string of the molecule is Cc1ccc(C(=O)N(Cc2cnc(S(=O)(=O)Cc3ccc(F)cc3)n2Cc2ccccc2)CC2CCCO2)cc1. The van der Waals surface area contributed by atoms with Crippen LogP contribution in [-0.4, -0.2) is 48.0 Å². The third-order valence-electron chi connectivity index (χ3n) is 7.02. The second-order valence-electron chi connectivity index (χ2n) is 10.2. The molecule has 1 atom stereocenters. The summed E-state index contributed by atoms with van der Waals surface area (Å²) in [5.74, 6) is -0.905. The van der Waals surface area contributed by atoms with Crippen molar-refractivity contribution in [2.24, 2.45) is 0 Å². The van der Waals surface area contributed by atoms with Crippen LogP contribution in [0.3, 0.4) is 0 Å². The van der Waals surface area contributed by atoms with E-state index in [-0.39, 0.29) is 36.0 Å². The number of imidazole rings is 1. The maximum Gasteiger partial charge on any atom is 0.254 e. The van der Waals surface area contributed by atoms with E-state index in [1.165, 1.54) is 30.5 Å². The number of sulfone groups is 1. The lowest BCUT2D eigenvalue weighted by Gasteiger charge is -2.26. The van der Waals surface area contributed by atoms with Gasteiger partial charge in [-0.05, 0) is 55.2 Å². The summed E-state index contributed by atoms with van der Waals surface area (Å²) in [4.78, 5) is 19.8. The van der Waals surface area contributed by atoms with Crippen LogP contribution in [0, 0.1) is 12.7 Å². The molecule has 1 fully saturated rings. The first-order chi connectivity index (χ1) is 19.3. The molecule has 2 heterocycles. The number of rotatable bonds is 10. The summed E-state index contributed by atoms with van der Waals surface area (Å²) >= 11 is 0. The molecule has 7 nitrogen and oxygen atoms in total. The molecule has 3 aromatic carbocycles. The van der Waals surface area contributed by atoms with Crippen molar-refractivity contribution < 1.29 is 22.3 Å². The van der Waals surface area contributed by atoms with E-state index in [2.05, 4.69) is 4.98 Å². The number of aryl methyl sites for hydroxylation is 1. The summed E-state index contributed by atoms with van der Waals surface area (Å²) in [5.41, 5.74) is 3.57. The molecule has 5 rings (SSSR count). The van der Waals surface area contributed by atoms with E-state index in [9.17, 15) is 17.6 Å². The van der Waals surface area contributed by atoms with E-state index < -0.39 is 15.7 Å². The number of nitrogens with zero attached hydrogens (tertiary/aromatic N) is 3. The Morgan fingerprint density at radius 2 is 1.75 bits per heavy atom. The van der Waals surface area contributed by atoms with Gasteiger partial charge in [-0.1, -0.05) is 60.2 Å². The molecule has 1 unspecified atom stereocenters. The Bertz CT molecular complexity index is 1550. The Labute approximate surface area is 234 Å². The fourth-order valence-electron chi connectivity index (χ4n) is 4.89. The predicted octanol–water partition coefficient (Wildman–Crippen LogP) is 5.17. The Hall–Kier alpha value is -3.82. The Morgan fingerprint density at radius 3 is 2.42 bits per heavy atom. The standard InChI is InChI=1S/C31H32FN3O4S/c1-23-9-13-26(14-10-23)30(36)34(21-29-8-5-17-39-29)20-28-18-33-31(35(28)19-24-6-3-2-4-7-24)40(37,38)22-25-11-15-27(32)16-12-25/h2-4,6-7,9-16,18,29H,5,8,17,19-22H2,1H3. The van der Waals surface area contributed by atoms with Gasteiger partial charge in [0.05, 0.1) is 36.8 Å². The van der Waals surface area contributed by atoms with Crippen LogP contribution in [0.4, 0.5) is 4.39 Å². The smallest absolute Gasteiger partial charge is 0.254 e. The van der Waals surface area contributed by atoms with E-state index in [0.29, 0.717) is 30.0 Å². The normalized spacial score (nSPS) is 15.3. The number of carbonyl (C=O) groups excluding carboxylic acids is 1. The minimum Gasteiger partial charge on any atom is -0.376 e. The molecule has 40 heavy (non-hydrogen) atoms. The predicted molar refractivity (Wildman–Crippen MR) is 150 cm³/mol. The van der Waals surface area contributed by atoms with Crippen molar-refractivity contribution in [2.75, 3.05) is 13.2 Å². The van der Waals surface area contributed by atoms with Crippen LogP contribution in [0.2, 0.25) is 0 Å². The zero-order valence-corrected chi connectivity index (χ0v) is 23.2. The lowest BCUT2D eigenvalue weighted by Crippen LogP contribution is -2.37. The zero-order valence-electron chi connectivity index (χ0n) is 22.4. The van der Waals surface area contributed by atoms with Crippen molar-refractivity contribution in [1.29, 1.82) is 0 Å². The van der Waals surface area contributed by atoms with Gasteiger partial charge in [-0.2, -0.15) is 0 Å². The third-order valence-corrected chi connectivity index (χ3v) is 8.62. The van der Waals surface area contributed by atoms with Crippen LogP contribution in [0.15, 0.2) is 90.2 Å². The molecule has 0 saturated carbocycles. The Kier molecular flexibility index (Phi) is 8.42. The molecule has 0 radical (unpaired) electrons. The maximum absolute atomic E-state index is 13.7. The topological polar surface area (TPSA) is 81.5 Å². The van der Waals surface area contributed by atoms with Gasteiger partial charge in [-0.3, -0.25) is 4.79 Å². The minimum absolute atomic E-state index is 0.0819. The van der Waals surface area contributed by atoms with E-state index in [1.54, 1.807) is 21.6 Å². The number of hydrogen-bond donors (Lipinski definition) is 0. The van der Waals surface area contributed by atoms with Gasteiger partial charge in [-0.15, -0.1) is 0 Å². The molecule has 9 heteroatoms. The van der Waals surface area contributed by atoms with E-state index in [1.807, 2.05) is 49.4 Å². The fraction of sp³-hybridized carbons (Fsp3) is 0.290. The quantitative estimate of drug-likeness (QED) is 0.267. The molecule has 1 aromatic heterocycles. The van der Waals surface area contributed by atoms with Crippen LogP contribution < -0.4 is 0 Å². The second-order valence-corrected chi connectivity index (χ2v) is 12.1. The van der Waals surface area contributed by atoms with E-state index in [0.717, 1.165) is 24.0 Å². The molecule has 0 N–H and O–H groups in total. The van der Waals surface area contributed by atoms with Gasteiger partial charge in [0.15, 0.2) is 0 Å². The van der Waals surface area contributed by atoms with Crippen LogP contribution in [0.25, 0.3) is 0 Å². The van der Waals surface area contributed by atoms with Crippen LogP contribution in [0.5, 0.6) is 0 Å². The van der Waals surface area contributed by atoms with Gasteiger partial charge in [0, 0.05) is 18.7 Å². The number of halogens is 1. The molecular weight excluding hydrogens is 529 g/mol. The molecular formula is C31H32FN3O4S. The largest absolute Gasteiger partial charge is 0.376 e. The lowest BCUT2D eigenvalue weighted by molar-refractivity contribution is 0.0501. The lowest BCUT2D eigenvalue weighted by atomic mass is 10.1. The van der Waals surface area contributed by atoms with E-state index >= 15 is 0 Å². The number of amides is 1. The number of aromatic nitrogens is 2. The van der Waals surface area contributed by atoms with Gasteiger partial charge in [-0.25, -0.2) is 17.8 Å². The molecule has 1 aliphatic rings. The maximum atomic E-state index is 13.7. The molecule has 1 saturated heterocycles. The first-order valence-electron chi connectivity index (χ1n) is 13.3. The summed E-state index contributed by atoms with van der Waals surface area (Å²) in [6.45, 7) is 3.45. The van der Waals surface area contributed by atoms with Crippen molar-refractivity contribution >= 4 is 15.7 Å². The number of hydrogen-bond acceptors (Lipinski definition) is 5. The average molecular weight is 562 g/mol. The monoisotopic (exact) mass is 561 g/mol. The van der Waals surface area contributed by atoms with Crippen LogP contribution in [-0.2, 0) is 33.4 Å². The Morgan fingerprint density at radius 1 is 1.02 bits per heavy atom. The van der Waals surface area contributed by atoms with Crippen molar-refractivity contribution in [3.05, 3.63) is 119 Å². The fourth-order valence-corrected chi connectivity index (χ4v) is 6.39. The number of carbonyl (C=O) groups is 1. The highest BCUT2D eigenvalue weighted by molar-refractivity contribution is 7.90. The highest BCUT2D eigenvalue weighted by Gasteiger charge is 2.28. The summed E-state index contributed by atoms with van der Waals surface area (Å²) in [6.07, 6.45) is 3.25. The molecule has 4 aromatic rings. The molecule has 208 valence electrons. The number of ether oxygens (including phenoxy) is 1. The highest BCUT2D eigenvalue weighted by atomic mass is 32.2. The zero-order chi connectivity index (χ0) is 28.1. The van der Waals surface area contributed by atoms with Crippen molar-refractivity contribution in [1.82, 2.24) is 14.5 Å². The third kappa shape index (κ3) is 6.66. The van der Waals surface area contributed by atoms with Gasteiger partial charge in [0.25, 0.3) is 5.91 Å². The van der Waals surface area contributed by atoms with E-state index in [4.69, 9.17) is 4.74 Å². The summed E-state index contributed by atoms with van der Waals surface area (Å²) < 4.78 is 48.1. The first kappa shape index (κ1) is 27.7. The van der Waals surface area contributed by atoms with Crippen molar-refractivity contribution in [2.45, 2.75) is 49.9 Å². The molecule has 0 spiro atoms. The molecule has 0 bridgehead atoms. The van der Waals surface area contributed by atoms with Gasteiger partial charge in [0.2, 0.25) is 15.0 Å². The summed E-state index contributed by atoms with van der Waals surface area (Å²) in [6, 6.07) is 22.3. The average Bonchev–Trinajstić information content (AvgIpc) is 3.61. The Balaban J connectivity index is 1.50. The summed E-state index contributed by atoms with van der Waals surface area (Å²) in [7, 11) is -3.89. The van der Waals surface area contributed by atoms with Crippen molar-refractivity contribution in [3.63, 3.8) is 0 Å². The molecule has 1 aliphatic heterocycles. The van der Waals surface area contributed by atoms with Crippen molar-refractivity contribution in [3.8, 4) is 0 Å². The summed E-state index contributed by atoms with van der Waals surface area (Å²) in [5, 5.41) is -0.0875. The second kappa shape index (κ2) is 12.1. The minimum atomic E-state index is -3.89. The number of benzene rings is 3. The highest BCUT2D eigenvalue weighted by Crippen LogP contribution is 2.23. The van der Waals surface area contributed by atoms with Gasteiger partial charge < -0.3 is 14.2 Å². The molecule has 1 amide bonds.